The number of nitrogens with zero attached hydrogens (tertiary/aromatic N) is 2. The maximum Gasteiger partial charge on any atom is 0.197 e. The molecule has 0 amide bonds. The van der Waals surface area contributed by atoms with Crippen molar-refractivity contribution in [1.82, 2.24) is 15.2 Å². The molecule has 19 heavy (non-hydrogen) atoms. The molecule has 0 aromatic carbocycles. The van der Waals surface area contributed by atoms with Crippen LogP contribution in [0.15, 0.2) is 16.7 Å². The predicted octanol–water partition coefficient (Wildman–Crippen LogP) is 3.15. The molecule has 1 saturated carbocycles. The van der Waals surface area contributed by atoms with E-state index in [1.165, 1.54) is 0 Å². The third kappa shape index (κ3) is 2.37. The molecule has 2 aromatic heterocycles. The standard InChI is InChI=1S/C14H20N4O/c1-8(2)12-7-16-14(19-12)10-4-3-9(5-10)11-6-13(15)18-17-11/h6-10H,3-5H2,1-2H3,(H3,15,17,18). The number of rotatable bonds is 3. The Morgan fingerprint density at radius 3 is 2.79 bits per heavy atom. The average Bonchev–Trinajstić information content (AvgIpc) is 3.07. The van der Waals surface area contributed by atoms with E-state index in [1.807, 2.05) is 12.3 Å². The highest BCUT2D eigenvalue weighted by Crippen LogP contribution is 2.43. The Balaban J connectivity index is 1.71. The maximum absolute atomic E-state index is 5.86. The summed E-state index contributed by atoms with van der Waals surface area (Å²) in [6.45, 7) is 4.24. The number of nitrogen functional groups attached to an aromatic ring is 1. The van der Waals surface area contributed by atoms with Gasteiger partial charge in [0.1, 0.15) is 11.6 Å². The van der Waals surface area contributed by atoms with E-state index in [2.05, 4.69) is 29.0 Å². The first-order valence-electron chi connectivity index (χ1n) is 6.90. The summed E-state index contributed by atoms with van der Waals surface area (Å²) >= 11 is 0. The van der Waals surface area contributed by atoms with Crippen molar-refractivity contribution in [3.05, 3.63) is 29.6 Å². The summed E-state index contributed by atoms with van der Waals surface area (Å²) in [5, 5.41) is 7.02. The summed E-state index contributed by atoms with van der Waals surface area (Å²) in [5.41, 5.74) is 6.79. The molecule has 2 aromatic rings. The lowest BCUT2D eigenvalue weighted by molar-refractivity contribution is 0.406. The average molecular weight is 260 g/mol. The molecule has 102 valence electrons. The lowest BCUT2D eigenvalue weighted by Crippen LogP contribution is -1.96. The Labute approximate surface area is 112 Å². The van der Waals surface area contributed by atoms with Crippen molar-refractivity contribution in [1.29, 1.82) is 0 Å². The number of oxazole rings is 1. The number of hydrogen-bond acceptors (Lipinski definition) is 4. The maximum atomic E-state index is 5.86. The van der Waals surface area contributed by atoms with Crippen LogP contribution in [0, 0.1) is 0 Å². The van der Waals surface area contributed by atoms with Crippen molar-refractivity contribution in [2.45, 2.75) is 50.9 Å². The number of nitrogens with one attached hydrogen (secondary N) is 1. The molecule has 1 fully saturated rings. The van der Waals surface area contributed by atoms with Crippen LogP contribution in [0.1, 0.15) is 68.2 Å². The van der Waals surface area contributed by atoms with Gasteiger partial charge < -0.3 is 10.2 Å². The number of hydrogen-bond donors (Lipinski definition) is 2. The quantitative estimate of drug-likeness (QED) is 0.888. The van der Waals surface area contributed by atoms with Crippen LogP contribution in [0.5, 0.6) is 0 Å². The third-order valence-corrected chi connectivity index (χ3v) is 3.95. The molecular formula is C14H20N4O. The lowest BCUT2D eigenvalue weighted by Gasteiger charge is -2.07. The summed E-state index contributed by atoms with van der Waals surface area (Å²) in [6.07, 6.45) is 5.16. The number of anilines is 1. The zero-order chi connectivity index (χ0) is 13.4. The van der Waals surface area contributed by atoms with Gasteiger partial charge in [0.05, 0.1) is 6.20 Å². The van der Waals surface area contributed by atoms with Crippen LogP contribution in [0.3, 0.4) is 0 Å². The van der Waals surface area contributed by atoms with Gasteiger partial charge in [-0.1, -0.05) is 13.8 Å². The Morgan fingerprint density at radius 2 is 2.16 bits per heavy atom. The van der Waals surface area contributed by atoms with Gasteiger partial charge in [-0.15, -0.1) is 0 Å². The minimum absolute atomic E-state index is 0.394. The summed E-state index contributed by atoms with van der Waals surface area (Å²) in [6, 6.07) is 1.93. The number of aromatic nitrogens is 3. The monoisotopic (exact) mass is 260 g/mol. The SMILES string of the molecule is CC(C)c1cnc(C2CCC(c3cc(N)n[nH]3)C2)o1. The van der Waals surface area contributed by atoms with Crippen molar-refractivity contribution in [2.75, 3.05) is 5.73 Å². The Morgan fingerprint density at radius 1 is 1.37 bits per heavy atom. The third-order valence-electron chi connectivity index (χ3n) is 3.95. The van der Waals surface area contributed by atoms with E-state index in [4.69, 9.17) is 10.2 Å². The fourth-order valence-electron chi connectivity index (χ4n) is 2.81. The highest BCUT2D eigenvalue weighted by molar-refractivity contribution is 5.30. The van der Waals surface area contributed by atoms with Crippen LogP contribution in [-0.4, -0.2) is 15.2 Å². The minimum atomic E-state index is 0.394. The normalized spacial score (nSPS) is 23.3. The van der Waals surface area contributed by atoms with E-state index < -0.39 is 0 Å². The second-order valence-corrected chi connectivity index (χ2v) is 5.71. The van der Waals surface area contributed by atoms with Crippen LogP contribution in [0.4, 0.5) is 5.82 Å². The van der Waals surface area contributed by atoms with Crippen molar-refractivity contribution in [2.24, 2.45) is 0 Å². The highest BCUT2D eigenvalue weighted by Gasteiger charge is 2.31. The molecule has 1 aliphatic carbocycles. The van der Waals surface area contributed by atoms with E-state index >= 15 is 0 Å². The Kier molecular flexibility index (Phi) is 3.05. The van der Waals surface area contributed by atoms with Gasteiger partial charge in [0.15, 0.2) is 5.89 Å². The van der Waals surface area contributed by atoms with E-state index in [0.717, 1.165) is 36.6 Å². The molecule has 0 bridgehead atoms. The molecule has 2 heterocycles. The number of aromatic amines is 1. The molecule has 3 N–H and O–H groups in total. The molecule has 5 heteroatoms. The molecule has 3 rings (SSSR count). The van der Waals surface area contributed by atoms with Crippen molar-refractivity contribution >= 4 is 5.82 Å². The van der Waals surface area contributed by atoms with Gasteiger partial charge in [0.25, 0.3) is 0 Å². The van der Waals surface area contributed by atoms with Crippen molar-refractivity contribution < 1.29 is 4.42 Å². The first-order valence-corrected chi connectivity index (χ1v) is 6.90. The number of H-pyrrole nitrogens is 1. The molecular weight excluding hydrogens is 240 g/mol. The predicted molar refractivity (Wildman–Crippen MR) is 72.9 cm³/mol. The second-order valence-electron chi connectivity index (χ2n) is 5.71. The van der Waals surface area contributed by atoms with Crippen molar-refractivity contribution in [3.8, 4) is 0 Å². The number of nitrogens with two attached hydrogens (primary N) is 1. The van der Waals surface area contributed by atoms with E-state index in [9.17, 15) is 0 Å². The molecule has 0 spiro atoms. The Hall–Kier alpha value is -1.78. The smallest absolute Gasteiger partial charge is 0.197 e. The van der Waals surface area contributed by atoms with Crippen LogP contribution in [0.2, 0.25) is 0 Å². The van der Waals surface area contributed by atoms with Gasteiger partial charge in [0, 0.05) is 29.5 Å². The lowest BCUT2D eigenvalue weighted by atomic mass is 10.0. The first-order chi connectivity index (χ1) is 9.13. The van der Waals surface area contributed by atoms with Gasteiger partial charge in [-0.3, -0.25) is 5.10 Å². The van der Waals surface area contributed by atoms with Gasteiger partial charge in [0.2, 0.25) is 0 Å². The van der Waals surface area contributed by atoms with Gasteiger partial charge in [-0.05, 0) is 19.3 Å². The van der Waals surface area contributed by atoms with E-state index in [1.54, 1.807) is 0 Å². The molecule has 0 saturated heterocycles. The molecule has 2 unspecified atom stereocenters. The summed E-state index contributed by atoms with van der Waals surface area (Å²) < 4.78 is 5.86. The zero-order valence-electron chi connectivity index (χ0n) is 11.4. The second kappa shape index (κ2) is 4.72. The topological polar surface area (TPSA) is 80.7 Å². The molecule has 0 radical (unpaired) electrons. The van der Waals surface area contributed by atoms with Crippen LogP contribution >= 0.6 is 0 Å². The molecule has 2 atom stereocenters. The fraction of sp³-hybridized carbons (Fsp3) is 0.571. The van der Waals surface area contributed by atoms with E-state index in [-0.39, 0.29) is 0 Å². The highest BCUT2D eigenvalue weighted by atomic mass is 16.4. The molecule has 0 aliphatic heterocycles. The zero-order valence-corrected chi connectivity index (χ0v) is 11.4. The molecule has 1 aliphatic rings. The van der Waals surface area contributed by atoms with Crippen LogP contribution in [0.25, 0.3) is 0 Å². The van der Waals surface area contributed by atoms with Crippen LogP contribution in [-0.2, 0) is 0 Å². The summed E-state index contributed by atoms with van der Waals surface area (Å²) in [5.74, 6) is 3.73. The largest absolute Gasteiger partial charge is 0.445 e. The van der Waals surface area contributed by atoms with Gasteiger partial charge in [-0.25, -0.2) is 4.98 Å². The van der Waals surface area contributed by atoms with Gasteiger partial charge >= 0.3 is 0 Å². The summed E-state index contributed by atoms with van der Waals surface area (Å²) in [4.78, 5) is 4.44. The van der Waals surface area contributed by atoms with Crippen molar-refractivity contribution in [3.63, 3.8) is 0 Å². The van der Waals surface area contributed by atoms with E-state index in [0.29, 0.717) is 23.6 Å². The summed E-state index contributed by atoms with van der Waals surface area (Å²) in [7, 11) is 0. The Bertz CT molecular complexity index is 557. The fourth-order valence-corrected chi connectivity index (χ4v) is 2.81. The first kappa shape index (κ1) is 12.3. The van der Waals surface area contributed by atoms with Gasteiger partial charge in [-0.2, -0.15) is 5.10 Å². The minimum Gasteiger partial charge on any atom is -0.445 e. The molecule has 5 nitrogen and oxygen atoms in total. The van der Waals surface area contributed by atoms with Crippen LogP contribution < -0.4 is 5.73 Å².